The molecule has 4 aromatic rings. The average molecular weight is 557 g/mol. The first kappa shape index (κ1) is 28.1. The standard InChI is InChI=1S/C25H32N8O5S/c1-7-18-11-19(38-31-18)14-33-24(20-9-8-10-21(28-20)36-6)29-30-25(33)32-39(34,35)17(5)22(37-15(2)3)23-26-12-16(4)13-27-23/h8-13,15,17,22H,7,14H2,1-6H3,(H,30,32)/t17-,22+/m0/s1. The van der Waals surface area contributed by atoms with Crippen LogP contribution in [0.15, 0.2) is 41.2 Å². The van der Waals surface area contributed by atoms with Gasteiger partial charge in [0.15, 0.2) is 17.4 Å². The number of pyridine rings is 1. The predicted octanol–water partition coefficient (Wildman–Crippen LogP) is 3.34. The van der Waals surface area contributed by atoms with Crippen molar-refractivity contribution in [1.82, 2.24) is 34.9 Å². The maximum Gasteiger partial charge on any atom is 0.240 e. The first-order valence-corrected chi connectivity index (χ1v) is 14.0. The molecule has 0 aliphatic carbocycles. The monoisotopic (exact) mass is 556 g/mol. The molecule has 0 bridgehead atoms. The van der Waals surface area contributed by atoms with Crippen molar-refractivity contribution in [3.63, 3.8) is 0 Å². The molecule has 39 heavy (non-hydrogen) atoms. The van der Waals surface area contributed by atoms with Gasteiger partial charge in [-0.25, -0.2) is 23.4 Å². The molecule has 0 amide bonds. The van der Waals surface area contributed by atoms with Gasteiger partial charge in [-0.2, -0.15) is 0 Å². The highest BCUT2D eigenvalue weighted by Crippen LogP contribution is 2.28. The summed E-state index contributed by atoms with van der Waals surface area (Å²) in [5.41, 5.74) is 2.05. The van der Waals surface area contributed by atoms with Crippen LogP contribution in [0, 0.1) is 6.92 Å². The molecule has 0 saturated heterocycles. The molecule has 13 nitrogen and oxygen atoms in total. The summed E-state index contributed by atoms with van der Waals surface area (Å²) in [5.74, 6) is 1.43. The molecule has 0 aromatic carbocycles. The van der Waals surface area contributed by atoms with Gasteiger partial charge in [0.25, 0.3) is 0 Å². The summed E-state index contributed by atoms with van der Waals surface area (Å²) < 4.78 is 48.2. The average Bonchev–Trinajstić information content (AvgIpc) is 3.54. The van der Waals surface area contributed by atoms with Gasteiger partial charge in [0.05, 0.1) is 25.5 Å². The molecule has 14 heteroatoms. The third-order valence-electron chi connectivity index (χ3n) is 5.82. The molecule has 0 unspecified atom stereocenters. The van der Waals surface area contributed by atoms with Crippen LogP contribution >= 0.6 is 0 Å². The van der Waals surface area contributed by atoms with Crippen molar-refractivity contribution in [3.05, 3.63) is 59.5 Å². The van der Waals surface area contributed by atoms with Crippen LogP contribution in [0.4, 0.5) is 5.95 Å². The van der Waals surface area contributed by atoms with Gasteiger partial charge in [-0.1, -0.05) is 18.1 Å². The first-order valence-electron chi connectivity index (χ1n) is 12.5. The molecule has 208 valence electrons. The van der Waals surface area contributed by atoms with E-state index < -0.39 is 21.4 Å². The molecule has 0 radical (unpaired) electrons. The lowest BCUT2D eigenvalue weighted by molar-refractivity contribution is 0.00152. The number of rotatable bonds is 12. The highest BCUT2D eigenvalue weighted by atomic mass is 32.2. The number of sulfonamides is 1. The van der Waals surface area contributed by atoms with Gasteiger partial charge in [0, 0.05) is 24.5 Å². The highest BCUT2D eigenvalue weighted by Gasteiger charge is 2.35. The molecule has 0 aliphatic heterocycles. The highest BCUT2D eigenvalue weighted by molar-refractivity contribution is 7.93. The smallest absolute Gasteiger partial charge is 0.240 e. The summed E-state index contributed by atoms with van der Waals surface area (Å²) in [6.07, 6.45) is 2.73. The number of nitrogens with one attached hydrogen (secondary N) is 1. The number of aromatic nitrogens is 7. The van der Waals surface area contributed by atoms with Crippen molar-refractivity contribution < 1.29 is 22.4 Å². The van der Waals surface area contributed by atoms with E-state index in [1.54, 1.807) is 41.2 Å². The molecule has 0 aliphatic rings. The van der Waals surface area contributed by atoms with Crippen LogP contribution in [0.25, 0.3) is 11.5 Å². The Balaban J connectivity index is 1.71. The minimum Gasteiger partial charge on any atom is -0.481 e. The van der Waals surface area contributed by atoms with Gasteiger partial charge in [-0.3, -0.25) is 9.29 Å². The van der Waals surface area contributed by atoms with E-state index in [0.717, 1.165) is 11.3 Å². The lowest BCUT2D eigenvalue weighted by Crippen LogP contribution is -2.35. The number of ether oxygens (including phenoxy) is 2. The van der Waals surface area contributed by atoms with Crippen molar-refractivity contribution in [2.75, 3.05) is 11.8 Å². The molecule has 1 N–H and O–H groups in total. The number of methoxy groups -OCH3 is 1. The van der Waals surface area contributed by atoms with Gasteiger partial charge in [0.2, 0.25) is 21.9 Å². The number of aryl methyl sites for hydroxylation is 2. The predicted molar refractivity (Wildman–Crippen MR) is 143 cm³/mol. The fourth-order valence-electron chi connectivity index (χ4n) is 3.73. The Morgan fingerprint density at radius 3 is 2.51 bits per heavy atom. The van der Waals surface area contributed by atoms with E-state index in [0.29, 0.717) is 29.6 Å². The Labute approximate surface area is 227 Å². The molecule has 4 heterocycles. The van der Waals surface area contributed by atoms with Crippen LogP contribution in [0.2, 0.25) is 0 Å². The second kappa shape index (κ2) is 11.9. The van der Waals surface area contributed by atoms with E-state index >= 15 is 0 Å². The molecule has 4 aromatic heterocycles. The van der Waals surface area contributed by atoms with Crippen LogP contribution < -0.4 is 9.46 Å². The summed E-state index contributed by atoms with van der Waals surface area (Å²) in [7, 11) is -2.58. The van der Waals surface area contributed by atoms with Crippen molar-refractivity contribution >= 4 is 16.0 Å². The second-order valence-electron chi connectivity index (χ2n) is 9.21. The minimum absolute atomic E-state index is 0.0240. The topological polar surface area (TPSA) is 160 Å². The fraction of sp³-hybridized carbons (Fsp3) is 0.440. The molecule has 2 atom stereocenters. The van der Waals surface area contributed by atoms with E-state index in [1.807, 2.05) is 27.7 Å². The Morgan fingerprint density at radius 1 is 1.13 bits per heavy atom. The quantitative estimate of drug-likeness (QED) is 0.272. The third-order valence-corrected chi connectivity index (χ3v) is 7.51. The number of nitrogens with zero attached hydrogens (tertiary/aromatic N) is 7. The number of hydrogen-bond acceptors (Lipinski definition) is 11. The van der Waals surface area contributed by atoms with E-state index in [1.165, 1.54) is 14.0 Å². The van der Waals surface area contributed by atoms with E-state index in [4.69, 9.17) is 14.0 Å². The summed E-state index contributed by atoms with van der Waals surface area (Å²) >= 11 is 0. The van der Waals surface area contributed by atoms with Crippen molar-refractivity contribution in [2.45, 2.75) is 65.0 Å². The van der Waals surface area contributed by atoms with Crippen LogP contribution in [-0.4, -0.2) is 61.8 Å². The molecule has 4 rings (SSSR count). The first-order chi connectivity index (χ1) is 18.6. The van der Waals surface area contributed by atoms with Gasteiger partial charge in [-0.15, -0.1) is 10.2 Å². The van der Waals surface area contributed by atoms with Crippen LogP contribution in [0.5, 0.6) is 5.88 Å². The summed E-state index contributed by atoms with van der Waals surface area (Å²) in [4.78, 5) is 13.1. The molecule has 0 spiro atoms. The second-order valence-corrected chi connectivity index (χ2v) is 11.3. The van der Waals surface area contributed by atoms with E-state index in [-0.39, 0.29) is 24.4 Å². The normalized spacial score (nSPS) is 13.4. The third kappa shape index (κ3) is 6.57. The van der Waals surface area contributed by atoms with Crippen LogP contribution in [-0.2, 0) is 27.7 Å². The molecule has 0 saturated carbocycles. The maximum atomic E-state index is 13.7. The SMILES string of the molecule is CCc1cc(Cn2c(NS(=O)(=O)[C@@H](C)[C@@H](OC(C)C)c3ncc(C)cn3)nnc2-c2cccc(OC)n2)on1. The summed E-state index contributed by atoms with van der Waals surface area (Å²) in [6.45, 7) is 9.09. The molecular formula is C25H32N8O5S. The number of anilines is 1. The Hall–Kier alpha value is -3.91. The zero-order valence-electron chi connectivity index (χ0n) is 22.7. The fourth-order valence-corrected chi connectivity index (χ4v) is 4.83. The largest absolute Gasteiger partial charge is 0.481 e. The molecular weight excluding hydrogens is 524 g/mol. The van der Waals surface area contributed by atoms with Gasteiger partial charge in [0.1, 0.15) is 17.0 Å². The van der Waals surface area contributed by atoms with E-state index in [2.05, 4.69) is 35.0 Å². The van der Waals surface area contributed by atoms with Crippen molar-refractivity contribution in [2.24, 2.45) is 0 Å². The van der Waals surface area contributed by atoms with Gasteiger partial charge in [-0.05, 0) is 45.7 Å². The van der Waals surface area contributed by atoms with Gasteiger partial charge < -0.3 is 14.0 Å². The lowest BCUT2D eigenvalue weighted by atomic mass is 10.2. The Morgan fingerprint density at radius 2 is 1.87 bits per heavy atom. The Kier molecular flexibility index (Phi) is 8.55. The minimum atomic E-state index is -4.08. The Bertz CT molecular complexity index is 1500. The molecule has 0 fully saturated rings. The van der Waals surface area contributed by atoms with Crippen molar-refractivity contribution in [1.29, 1.82) is 0 Å². The zero-order chi connectivity index (χ0) is 28.2. The summed E-state index contributed by atoms with van der Waals surface area (Å²) in [6, 6.07) is 6.97. The maximum absolute atomic E-state index is 13.7. The van der Waals surface area contributed by atoms with Crippen LogP contribution in [0.3, 0.4) is 0 Å². The summed E-state index contributed by atoms with van der Waals surface area (Å²) in [5, 5.41) is 11.3. The number of hydrogen-bond donors (Lipinski definition) is 1. The van der Waals surface area contributed by atoms with Crippen molar-refractivity contribution in [3.8, 4) is 17.4 Å². The van der Waals surface area contributed by atoms with Crippen LogP contribution in [0.1, 0.15) is 56.6 Å². The lowest BCUT2D eigenvalue weighted by Gasteiger charge is -2.25. The van der Waals surface area contributed by atoms with E-state index in [9.17, 15) is 8.42 Å². The zero-order valence-corrected chi connectivity index (χ0v) is 23.5. The van der Waals surface area contributed by atoms with Gasteiger partial charge >= 0.3 is 0 Å².